The van der Waals surface area contributed by atoms with E-state index >= 15 is 0 Å². The first-order valence-corrected chi connectivity index (χ1v) is 7.66. The Labute approximate surface area is 119 Å². The summed E-state index contributed by atoms with van der Waals surface area (Å²) in [6, 6.07) is 7.16. The number of nitrogens with two attached hydrogens (primary N) is 1. The molecule has 1 aliphatic rings. The quantitative estimate of drug-likeness (QED) is 0.926. The zero-order valence-electron chi connectivity index (χ0n) is 11.3. The molecule has 1 aliphatic heterocycles. The van der Waals surface area contributed by atoms with Crippen molar-refractivity contribution in [3.05, 3.63) is 33.8 Å². The lowest BCUT2D eigenvalue weighted by molar-refractivity contribution is 0.101. The Morgan fingerprint density at radius 3 is 2.83 bits per heavy atom. The van der Waals surface area contributed by atoms with Gasteiger partial charge in [0.15, 0.2) is 0 Å². The normalized spacial score (nSPS) is 25.3. The highest BCUT2D eigenvalue weighted by molar-refractivity contribution is 9.10. The average molecular weight is 311 g/mol. The SMILES string of the molecule is CCN1CCCC(CN)C1c1ccc(C)cc1Br. The molecule has 2 N–H and O–H groups in total. The Bertz CT molecular complexity index is 393. The molecular weight excluding hydrogens is 288 g/mol. The van der Waals surface area contributed by atoms with Crippen LogP contribution < -0.4 is 5.73 Å². The predicted molar refractivity (Wildman–Crippen MR) is 80.6 cm³/mol. The Hall–Kier alpha value is -0.380. The second-order valence-electron chi connectivity index (χ2n) is 5.24. The summed E-state index contributed by atoms with van der Waals surface area (Å²) in [5, 5.41) is 0. The Kier molecular flexibility index (Phi) is 4.82. The molecule has 0 saturated carbocycles. The van der Waals surface area contributed by atoms with Crippen LogP contribution in [0, 0.1) is 12.8 Å². The number of rotatable bonds is 3. The fourth-order valence-corrected chi connectivity index (χ4v) is 3.80. The topological polar surface area (TPSA) is 29.3 Å². The minimum atomic E-state index is 0.476. The maximum absolute atomic E-state index is 5.99. The van der Waals surface area contributed by atoms with E-state index in [-0.39, 0.29) is 0 Å². The van der Waals surface area contributed by atoms with Gasteiger partial charge in [0.2, 0.25) is 0 Å². The predicted octanol–water partition coefficient (Wildman–Crippen LogP) is 3.49. The van der Waals surface area contributed by atoms with Gasteiger partial charge in [0, 0.05) is 10.5 Å². The van der Waals surface area contributed by atoms with Gasteiger partial charge in [0.25, 0.3) is 0 Å². The number of aryl methyl sites for hydroxylation is 1. The molecule has 1 aromatic carbocycles. The summed E-state index contributed by atoms with van der Waals surface area (Å²) in [5.41, 5.74) is 8.69. The third kappa shape index (κ3) is 2.79. The third-order valence-electron chi connectivity index (χ3n) is 4.04. The first kappa shape index (κ1) is 14.0. The largest absolute Gasteiger partial charge is 0.330 e. The van der Waals surface area contributed by atoms with E-state index in [1.165, 1.54) is 35.0 Å². The van der Waals surface area contributed by atoms with Crippen molar-refractivity contribution in [3.8, 4) is 0 Å². The van der Waals surface area contributed by atoms with Crippen LogP contribution >= 0.6 is 15.9 Å². The summed E-state index contributed by atoms with van der Waals surface area (Å²) < 4.78 is 1.23. The standard InChI is InChI=1S/C15H23BrN2/c1-3-18-8-4-5-12(10-17)15(18)13-7-6-11(2)9-14(13)16/h6-7,9,12,15H,3-5,8,10,17H2,1-2H3. The first-order valence-electron chi connectivity index (χ1n) is 6.87. The molecule has 0 aromatic heterocycles. The lowest BCUT2D eigenvalue weighted by Gasteiger charge is -2.41. The molecule has 2 rings (SSSR count). The number of piperidine rings is 1. The first-order chi connectivity index (χ1) is 8.67. The molecule has 1 fully saturated rings. The molecule has 2 atom stereocenters. The minimum Gasteiger partial charge on any atom is -0.330 e. The van der Waals surface area contributed by atoms with Crippen LogP contribution in [0.3, 0.4) is 0 Å². The van der Waals surface area contributed by atoms with Gasteiger partial charge in [0.1, 0.15) is 0 Å². The average Bonchev–Trinajstić information content (AvgIpc) is 2.38. The molecule has 100 valence electrons. The molecular formula is C15H23BrN2. The van der Waals surface area contributed by atoms with Crippen molar-refractivity contribution in [2.24, 2.45) is 11.7 Å². The Morgan fingerprint density at radius 1 is 1.44 bits per heavy atom. The highest BCUT2D eigenvalue weighted by Gasteiger charge is 2.31. The lowest BCUT2D eigenvalue weighted by atomic mass is 9.84. The van der Waals surface area contributed by atoms with Crippen LogP contribution in [0.5, 0.6) is 0 Å². The monoisotopic (exact) mass is 310 g/mol. The third-order valence-corrected chi connectivity index (χ3v) is 4.73. The highest BCUT2D eigenvalue weighted by atomic mass is 79.9. The molecule has 0 spiro atoms. The molecule has 2 nitrogen and oxygen atoms in total. The molecule has 0 amide bonds. The number of benzene rings is 1. The van der Waals surface area contributed by atoms with Crippen LogP contribution in [-0.4, -0.2) is 24.5 Å². The number of halogens is 1. The molecule has 0 bridgehead atoms. The van der Waals surface area contributed by atoms with E-state index in [0.717, 1.165) is 13.1 Å². The van der Waals surface area contributed by atoms with E-state index in [9.17, 15) is 0 Å². The van der Waals surface area contributed by atoms with Gasteiger partial charge in [-0.25, -0.2) is 0 Å². The van der Waals surface area contributed by atoms with E-state index < -0.39 is 0 Å². The molecule has 1 heterocycles. The van der Waals surface area contributed by atoms with Gasteiger partial charge in [0.05, 0.1) is 0 Å². The summed E-state index contributed by atoms with van der Waals surface area (Å²) in [6.07, 6.45) is 2.52. The van der Waals surface area contributed by atoms with Crippen LogP contribution in [0.2, 0.25) is 0 Å². The molecule has 1 saturated heterocycles. The smallest absolute Gasteiger partial charge is 0.0399 e. The molecule has 0 radical (unpaired) electrons. The Balaban J connectivity index is 2.36. The van der Waals surface area contributed by atoms with Crippen LogP contribution in [0.25, 0.3) is 0 Å². The molecule has 0 aliphatic carbocycles. The van der Waals surface area contributed by atoms with E-state index in [0.29, 0.717) is 12.0 Å². The molecule has 2 unspecified atom stereocenters. The van der Waals surface area contributed by atoms with Crippen molar-refractivity contribution in [2.45, 2.75) is 32.7 Å². The molecule has 1 aromatic rings. The minimum absolute atomic E-state index is 0.476. The summed E-state index contributed by atoms with van der Waals surface area (Å²) in [6.45, 7) is 7.45. The van der Waals surface area contributed by atoms with E-state index in [2.05, 4.69) is 52.9 Å². The fourth-order valence-electron chi connectivity index (χ4n) is 3.08. The molecule has 3 heteroatoms. The van der Waals surface area contributed by atoms with Crippen LogP contribution in [0.15, 0.2) is 22.7 Å². The van der Waals surface area contributed by atoms with E-state index in [1.807, 2.05) is 0 Å². The number of nitrogens with zero attached hydrogens (tertiary/aromatic N) is 1. The van der Waals surface area contributed by atoms with Crippen molar-refractivity contribution < 1.29 is 0 Å². The van der Waals surface area contributed by atoms with Gasteiger partial charge < -0.3 is 5.73 Å². The maximum atomic E-state index is 5.99. The van der Waals surface area contributed by atoms with Gasteiger partial charge in [-0.2, -0.15) is 0 Å². The number of hydrogen-bond donors (Lipinski definition) is 1. The second kappa shape index (κ2) is 6.18. The van der Waals surface area contributed by atoms with Crippen molar-refractivity contribution in [3.63, 3.8) is 0 Å². The van der Waals surface area contributed by atoms with Crippen LogP contribution in [-0.2, 0) is 0 Å². The fraction of sp³-hybridized carbons (Fsp3) is 0.600. The van der Waals surface area contributed by atoms with Crippen molar-refractivity contribution in [2.75, 3.05) is 19.6 Å². The van der Waals surface area contributed by atoms with Gasteiger partial charge in [-0.15, -0.1) is 0 Å². The number of likely N-dealkylation sites (tertiary alicyclic amines) is 1. The van der Waals surface area contributed by atoms with Crippen molar-refractivity contribution in [1.82, 2.24) is 4.90 Å². The van der Waals surface area contributed by atoms with Crippen molar-refractivity contribution >= 4 is 15.9 Å². The lowest BCUT2D eigenvalue weighted by Crippen LogP contribution is -2.41. The zero-order chi connectivity index (χ0) is 13.1. The van der Waals surface area contributed by atoms with Crippen molar-refractivity contribution in [1.29, 1.82) is 0 Å². The van der Waals surface area contributed by atoms with Gasteiger partial charge >= 0.3 is 0 Å². The van der Waals surface area contributed by atoms with Gasteiger partial charge in [-0.1, -0.05) is 35.0 Å². The van der Waals surface area contributed by atoms with Crippen LogP contribution in [0.1, 0.15) is 36.9 Å². The summed E-state index contributed by atoms with van der Waals surface area (Å²) in [7, 11) is 0. The summed E-state index contributed by atoms with van der Waals surface area (Å²) in [4.78, 5) is 2.57. The van der Waals surface area contributed by atoms with Gasteiger partial charge in [-0.05, 0) is 62.5 Å². The zero-order valence-corrected chi connectivity index (χ0v) is 12.9. The van der Waals surface area contributed by atoms with E-state index in [1.54, 1.807) is 0 Å². The van der Waals surface area contributed by atoms with Crippen LogP contribution in [0.4, 0.5) is 0 Å². The summed E-state index contributed by atoms with van der Waals surface area (Å²) in [5.74, 6) is 0.581. The Morgan fingerprint density at radius 2 is 2.22 bits per heavy atom. The van der Waals surface area contributed by atoms with Gasteiger partial charge in [-0.3, -0.25) is 4.90 Å². The maximum Gasteiger partial charge on any atom is 0.0399 e. The summed E-state index contributed by atoms with van der Waals surface area (Å²) >= 11 is 3.73. The second-order valence-corrected chi connectivity index (χ2v) is 6.09. The highest BCUT2D eigenvalue weighted by Crippen LogP contribution is 2.38. The number of hydrogen-bond acceptors (Lipinski definition) is 2. The molecule has 18 heavy (non-hydrogen) atoms. The van der Waals surface area contributed by atoms with E-state index in [4.69, 9.17) is 5.73 Å².